The average Bonchev–Trinajstić information content (AvgIpc) is 3.48. The molecule has 49 heavy (non-hydrogen) atoms. The van der Waals surface area contributed by atoms with Crippen molar-refractivity contribution in [3.63, 3.8) is 0 Å². The molecule has 0 aliphatic heterocycles. The van der Waals surface area contributed by atoms with Crippen LogP contribution in [0.15, 0.2) is 171 Å². The van der Waals surface area contributed by atoms with Crippen molar-refractivity contribution >= 4 is 43.5 Å². The molecular weight excluding hydrogens is 589 g/mol. The van der Waals surface area contributed by atoms with Crippen LogP contribution in [0.4, 0.5) is 0 Å². The van der Waals surface area contributed by atoms with Crippen LogP contribution in [-0.4, -0.2) is 0 Å². The van der Waals surface area contributed by atoms with Crippen LogP contribution in [0.2, 0.25) is 0 Å². The van der Waals surface area contributed by atoms with E-state index in [0.717, 1.165) is 12.0 Å². The molecule has 0 spiro atoms. The number of allylic oxidation sites excluding steroid dienone is 8. The first kappa shape index (κ1) is 30.4. The van der Waals surface area contributed by atoms with E-state index in [9.17, 15) is 0 Å². The molecule has 0 radical (unpaired) electrons. The standard InChI is InChI=1S/C49H38/c1-5-16-32(8-4)44-45(35(17-6-2)18-7-3)47(40-26-13-22-34-20-11-12-25-39(34)40)49-42-28-15-24-36-23-14-27-41(43(36)42)48(49)46(44)38-30-29-33-19-9-10-21-37(33)31-38/h5-6,8-31H,1,4,7H2,2-3H3/b17-6-,32-16+,35-18+. The van der Waals surface area contributed by atoms with Gasteiger partial charge in [0.2, 0.25) is 0 Å². The molecule has 1 aliphatic rings. The Kier molecular flexibility index (Phi) is 7.78. The van der Waals surface area contributed by atoms with Gasteiger partial charge in [0.1, 0.15) is 0 Å². The van der Waals surface area contributed by atoms with Gasteiger partial charge in [-0.1, -0.05) is 172 Å². The van der Waals surface area contributed by atoms with Gasteiger partial charge in [-0.2, -0.15) is 0 Å². The third-order valence-electron chi connectivity index (χ3n) is 9.91. The zero-order chi connectivity index (χ0) is 33.5. The monoisotopic (exact) mass is 626 g/mol. The fourth-order valence-electron chi connectivity index (χ4n) is 8.00. The molecule has 0 atom stereocenters. The Labute approximate surface area is 289 Å². The molecule has 0 saturated heterocycles. The summed E-state index contributed by atoms with van der Waals surface area (Å²) in [6.45, 7) is 12.9. The van der Waals surface area contributed by atoms with E-state index in [1.165, 1.54) is 93.5 Å². The van der Waals surface area contributed by atoms with Gasteiger partial charge in [-0.25, -0.2) is 0 Å². The van der Waals surface area contributed by atoms with Gasteiger partial charge in [0.25, 0.3) is 0 Å². The van der Waals surface area contributed by atoms with Crippen LogP contribution in [0, 0.1) is 0 Å². The smallest absolute Gasteiger partial charge is 0.000697 e. The molecular formula is C49H38. The highest BCUT2D eigenvalue weighted by atomic mass is 14.4. The average molecular weight is 627 g/mol. The second kappa shape index (κ2) is 12.6. The zero-order valence-corrected chi connectivity index (χ0v) is 28.1. The first-order chi connectivity index (χ1) is 24.2. The minimum absolute atomic E-state index is 0.904. The van der Waals surface area contributed by atoms with E-state index in [-0.39, 0.29) is 0 Å². The Bertz CT molecular complexity index is 2550. The maximum atomic E-state index is 4.40. The molecule has 0 heteroatoms. The normalized spacial score (nSPS) is 12.7. The van der Waals surface area contributed by atoms with Crippen molar-refractivity contribution in [2.45, 2.75) is 20.3 Å². The number of hydrogen-bond acceptors (Lipinski definition) is 0. The first-order valence-electron chi connectivity index (χ1n) is 17.2. The Morgan fingerprint density at radius 3 is 1.88 bits per heavy atom. The summed E-state index contributed by atoms with van der Waals surface area (Å²) >= 11 is 0. The highest BCUT2D eigenvalue weighted by Crippen LogP contribution is 2.59. The number of benzene rings is 7. The van der Waals surface area contributed by atoms with Crippen LogP contribution in [0.3, 0.4) is 0 Å². The predicted octanol–water partition coefficient (Wildman–Crippen LogP) is 14.3. The molecule has 8 rings (SSSR count). The Hall–Kier alpha value is -5.98. The summed E-state index contributed by atoms with van der Waals surface area (Å²) in [5.74, 6) is 0. The van der Waals surface area contributed by atoms with Crippen LogP contribution >= 0.6 is 0 Å². The molecule has 1 aliphatic carbocycles. The number of fused-ring (bicyclic) bond motifs is 5. The molecule has 0 amide bonds. The zero-order valence-electron chi connectivity index (χ0n) is 28.1. The third kappa shape index (κ3) is 4.83. The lowest BCUT2D eigenvalue weighted by Gasteiger charge is -2.27. The van der Waals surface area contributed by atoms with Gasteiger partial charge in [-0.05, 0) is 119 Å². The maximum Gasteiger partial charge on any atom is -0.000697 e. The molecule has 0 aromatic heterocycles. The van der Waals surface area contributed by atoms with Crippen LogP contribution in [-0.2, 0) is 0 Å². The highest BCUT2D eigenvalue weighted by Gasteiger charge is 2.34. The van der Waals surface area contributed by atoms with Crippen LogP contribution in [0.25, 0.3) is 88.0 Å². The molecule has 0 saturated carbocycles. The van der Waals surface area contributed by atoms with Crippen LogP contribution in [0.5, 0.6) is 0 Å². The summed E-state index contributed by atoms with van der Waals surface area (Å²) in [4.78, 5) is 0. The van der Waals surface area contributed by atoms with Crippen molar-refractivity contribution in [2.75, 3.05) is 0 Å². The Balaban J connectivity index is 1.71. The summed E-state index contributed by atoms with van der Waals surface area (Å²) in [6, 6.07) is 44.7. The van der Waals surface area contributed by atoms with Crippen molar-refractivity contribution in [2.24, 2.45) is 0 Å². The largest absolute Gasteiger partial charge is 0.0990 e. The third-order valence-corrected chi connectivity index (χ3v) is 9.91. The van der Waals surface area contributed by atoms with Gasteiger partial charge in [0.15, 0.2) is 0 Å². The molecule has 7 aromatic carbocycles. The molecule has 7 aromatic rings. The first-order valence-corrected chi connectivity index (χ1v) is 17.2. The topological polar surface area (TPSA) is 0 Å². The van der Waals surface area contributed by atoms with E-state index in [2.05, 4.69) is 173 Å². The number of hydrogen-bond donors (Lipinski definition) is 0. The SMILES string of the molecule is C=C/C=C(\C=C)c1c(C(/C=C\C)=C/CC)c(-c2cccc3ccccc23)c2c(c1-c1ccc3ccccc3c1)-c1cccc3cccc-2c13. The quantitative estimate of drug-likeness (QED) is 0.147. The van der Waals surface area contributed by atoms with Gasteiger partial charge in [-0.15, -0.1) is 0 Å². The summed E-state index contributed by atoms with van der Waals surface area (Å²) in [5, 5.41) is 7.49. The number of rotatable bonds is 8. The Morgan fingerprint density at radius 1 is 0.571 bits per heavy atom. The van der Waals surface area contributed by atoms with Crippen molar-refractivity contribution in [3.8, 4) is 44.5 Å². The van der Waals surface area contributed by atoms with Gasteiger partial charge in [0.05, 0.1) is 0 Å². The van der Waals surface area contributed by atoms with Crippen LogP contribution in [0.1, 0.15) is 31.4 Å². The second-order valence-electron chi connectivity index (χ2n) is 12.7. The summed E-state index contributed by atoms with van der Waals surface area (Å²) < 4.78 is 0. The molecule has 0 nitrogen and oxygen atoms in total. The molecule has 0 bridgehead atoms. The van der Waals surface area contributed by atoms with Gasteiger partial charge < -0.3 is 0 Å². The van der Waals surface area contributed by atoms with E-state index >= 15 is 0 Å². The fourth-order valence-corrected chi connectivity index (χ4v) is 8.00. The Morgan fingerprint density at radius 2 is 1.18 bits per heavy atom. The van der Waals surface area contributed by atoms with E-state index < -0.39 is 0 Å². The minimum atomic E-state index is 0.904. The van der Waals surface area contributed by atoms with Gasteiger partial charge in [0, 0.05) is 0 Å². The summed E-state index contributed by atoms with van der Waals surface area (Å²) in [6.07, 6.45) is 13.8. The predicted molar refractivity (Wildman–Crippen MR) is 216 cm³/mol. The van der Waals surface area contributed by atoms with E-state index in [1.807, 2.05) is 12.2 Å². The van der Waals surface area contributed by atoms with Crippen molar-refractivity contribution < 1.29 is 0 Å². The fraction of sp³-hybridized carbons (Fsp3) is 0.0612. The lowest BCUT2D eigenvalue weighted by Crippen LogP contribution is -2.04. The molecule has 0 fully saturated rings. The molecule has 0 heterocycles. The maximum absolute atomic E-state index is 4.40. The summed E-state index contributed by atoms with van der Waals surface area (Å²) in [5.41, 5.74) is 14.7. The molecule has 234 valence electrons. The van der Waals surface area contributed by atoms with Crippen LogP contribution < -0.4 is 0 Å². The van der Waals surface area contributed by atoms with E-state index in [4.69, 9.17) is 0 Å². The van der Waals surface area contributed by atoms with Gasteiger partial charge >= 0.3 is 0 Å². The second-order valence-corrected chi connectivity index (χ2v) is 12.7. The summed E-state index contributed by atoms with van der Waals surface area (Å²) in [7, 11) is 0. The van der Waals surface area contributed by atoms with Crippen molar-refractivity contribution in [1.29, 1.82) is 0 Å². The molecule has 0 N–H and O–H groups in total. The molecule has 0 unspecified atom stereocenters. The van der Waals surface area contributed by atoms with Crippen molar-refractivity contribution in [1.82, 2.24) is 0 Å². The lowest BCUT2D eigenvalue weighted by atomic mass is 9.75. The van der Waals surface area contributed by atoms with Gasteiger partial charge in [-0.3, -0.25) is 0 Å². The van der Waals surface area contributed by atoms with Crippen molar-refractivity contribution in [3.05, 3.63) is 182 Å². The lowest BCUT2D eigenvalue weighted by molar-refractivity contribution is 1.23. The highest BCUT2D eigenvalue weighted by molar-refractivity contribution is 6.25. The van der Waals surface area contributed by atoms with E-state index in [0.29, 0.717) is 0 Å². The minimum Gasteiger partial charge on any atom is -0.0990 e. The van der Waals surface area contributed by atoms with E-state index in [1.54, 1.807) is 0 Å².